The number of hydrogen-bond donors (Lipinski definition) is 2. The lowest BCUT2D eigenvalue weighted by atomic mass is 10.1. The molecule has 0 radical (unpaired) electrons. The molecule has 3 aromatic rings. The summed E-state index contributed by atoms with van der Waals surface area (Å²) in [6.45, 7) is 0.208. The first kappa shape index (κ1) is 19.3. The molecule has 1 aliphatic carbocycles. The minimum Gasteiger partial charge on any atom is -0.365 e. The van der Waals surface area contributed by atoms with Crippen LogP contribution in [-0.4, -0.2) is 21.4 Å². The molecule has 4 rings (SSSR count). The minimum absolute atomic E-state index is 0.0979. The fourth-order valence-electron chi connectivity index (χ4n) is 3.77. The van der Waals surface area contributed by atoms with E-state index in [-0.39, 0.29) is 24.4 Å². The second kappa shape index (κ2) is 8.16. The Morgan fingerprint density at radius 1 is 1.17 bits per heavy atom. The van der Waals surface area contributed by atoms with Crippen molar-refractivity contribution in [3.05, 3.63) is 57.0 Å². The van der Waals surface area contributed by atoms with Crippen LogP contribution in [0, 0.1) is 0 Å². The van der Waals surface area contributed by atoms with Crippen molar-refractivity contribution in [3.63, 3.8) is 0 Å². The molecule has 8 heteroatoms. The number of aryl methyl sites for hydroxylation is 2. The smallest absolute Gasteiger partial charge is 0.261 e. The summed E-state index contributed by atoms with van der Waals surface area (Å²) in [6.07, 6.45) is 6.52. The van der Waals surface area contributed by atoms with Crippen LogP contribution in [0.5, 0.6) is 0 Å². The number of carbonyl (C=O) groups excluding carboxylic acids is 2. The summed E-state index contributed by atoms with van der Waals surface area (Å²) in [5, 5.41) is 3.89. The number of hydrogen-bond acceptors (Lipinski definition) is 5. The normalized spacial score (nSPS) is 13.7. The van der Waals surface area contributed by atoms with Crippen molar-refractivity contribution in [1.29, 1.82) is 0 Å². The molecule has 0 fully saturated rings. The Bertz CT molecular complexity index is 1150. The summed E-state index contributed by atoms with van der Waals surface area (Å²) < 4.78 is 1.43. The van der Waals surface area contributed by atoms with Gasteiger partial charge in [-0.15, -0.1) is 11.3 Å². The zero-order chi connectivity index (χ0) is 20.4. The lowest BCUT2D eigenvalue weighted by Gasteiger charge is -2.08. The molecule has 7 nitrogen and oxygen atoms in total. The molecule has 0 unspecified atom stereocenters. The molecule has 0 spiro atoms. The number of nitrogens with one attached hydrogen (secondary N) is 1. The third kappa shape index (κ3) is 3.93. The second-order valence-corrected chi connectivity index (χ2v) is 8.30. The third-order valence-corrected chi connectivity index (χ3v) is 6.44. The Balaban J connectivity index is 1.50. The van der Waals surface area contributed by atoms with Gasteiger partial charge in [0.1, 0.15) is 5.00 Å². The van der Waals surface area contributed by atoms with E-state index < -0.39 is 5.91 Å². The third-order valence-electron chi connectivity index (χ3n) is 5.23. The number of nitrogens with two attached hydrogens (primary N) is 1. The number of primary amides is 1. The van der Waals surface area contributed by atoms with Gasteiger partial charge in [-0.25, -0.2) is 4.98 Å². The van der Waals surface area contributed by atoms with Crippen LogP contribution in [0.4, 0.5) is 5.00 Å². The molecular weight excluding hydrogens is 388 g/mol. The first-order valence-electron chi connectivity index (χ1n) is 9.73. The highest BCUT2D eigenvalue weighted by Gasteiger charge is 2.24. The Labute approximate surface area is 171 Å². The predicted molar refractivity (Wildman–Crippen MR) is 113 cm³/mol. The van der Waals surface area contributed by atoms with Crippen LogP contribution in [-0.2, 0) is 24.2 Å². The summed E-state index contributed by atoms with van der Waals surface area (Å²) in [4.78, 5) is 42.5. The summed E-state index contributed by atoms with van der Waals surface area (Å²) in [5.41, 5.74) is 7.50. The number of anilines is 1. The quantitative estimate of drug-likeness (QED) is 0.631. The van der Waals surface area contributed by atoms with E-state index in [1.807, 2.05) is 6.07 Å². The number of carbonyl (C=O) groups is 2. The van der Waals surface area contributed by atoms with Gasteiger partial charge in [-0.3, -0.25) is 19.0 Å². The number of para-hydroxylation sites is 1. The van der Waals surface area contributed by atoms with E-state index in [1.54, 1.807) is 18.2 Å². The maximum atomic E-state index is 12.5. The largest absolute Gasteiger partial charge is 0.365 e. The number of thiophene rings is 1. The predicted octanol–water partition coefficient (Wildman–Crippen LogP) is 2.85. The maximum Gasteiger partial charge on any atom is 0.261 e. The van der Waals surface area contributed by atoms with Crippen molar-refractivity contribution in [2.24, 2.45) is 5.73 Å². The lowest BCUT2D eigenvalue weighted by molar-refractivity contribution is -0.116. The van der Waals surface area contributed by atoms with Crippen molar-refractivity contribution < 1.29 is 9.59 Å². The SMILES string of the molecule is NC(=O)c1c(NC(=O)CCn2cnc3ccccc3c2=O)sc2c1CCCCC2. The molecule has 1 aromatic carbocycles. The Morgan fingerprint density at radius 3 is 2.79 bits per heavy atom. The van der Waals surface area contributed by atoms with Gasteiger partial charge in [0.25, 0.3) is 11.5 Å². The zero-order valence-electron chi connectivity index (χ0n) is 15.9. The van der Waals surface area contributed by atoms with E-state index in [4.69, 9.17) is 5.73 Å². The number of nitrogens with zero attached hydrogens (tertiary/aromatic N) is 2. The van der Waals surface area contributed by atoms with Crippen molar-refractivity contribution >= 4 is 39.1 Å². The van der Waals surface area contributed by atoms with Crippen LogP contribution < -0.4 is 16.6 Å². The van der Waals surface area contributed by atoms with Gasteiger partial charge in [0.15, 0.2) is 0 Å². The van der Waals surface area contributed by atoms with Crippen molar-refractivity contribution in [2.45, 2.75) is 45.1 Å². The summed E-state index contributed by atoms with van der Waals surface area (Å²) in [7, 11) is 0. The van der Waals surface area contributed by atoms with Gasteiger partial charge in [0.05, 0.1) is 22.8 Å². The maximum absolute atomic E-state index is 12.5. The number of benzene rings is 1. The monoisotopic (exact) mass is 410 g/mol. The van der Waals surface area contributed by atoms with Crippen molar-refractivity contribution in [1.82, 2.24) is 9.55 Å². The van der Waals surface area contributed by atoms with Crippen molar-refractivity contribution in [3.8, 4) is 0 Å². The molecule has 0 saturated heterocycles. The molecule has 0 bridgehead atoms. The fourth-order valence-corrected chi connectivity index (χ4v) is 5.08. The molecule has 150 valence electrons. The number of fused-ring (bicyclic) bond motifs is 2. The van der Waals surface area contributed by atoms with E-state index in [1.165, 1.54) is 22.2 Å². The highest BCUT2D eigenvalue weighted by Crippen LogP contribution is 2.37. The molecule has 1 aliphatic rings. The van der Waals surface area contributed by atoms with Crippen LogP contribution >= 0.6 is 11.3 Å². The van der Waals surface area contributed by atoms with Crippen LogP contribution in [0.15, 0.2) is 35.4 Å². The molecule has 2 amide bonds. The zero-order valence-corrected chi connectivity index (χ0v) is 16.8. The minimum atomic E-state index is -0.505. The Morgan fingerprint density at radius 2 is 1.97 bits per heavy atom. The average Bonchev–Trinajstić information content (AvgIpc) is 2.88. The molecular formula is C21H22N4O3S. The summed E-state index contributed by atoms with van der Waals surface area (Å²) in [5.74, 6) is -0.765. The summed E-state index contributed by atoms with van der Waals surface area (Å²) in [6, 6.07) is 7.11. The van der Waals surface area contributed by atoms with E-state index in [0.717, 1.165) is 42.5 Å². The Kier molecular flexibility index (Phi) is 5.44. The standard InChI is InChI=1S/C21H22N4O3S/c22-19(27)18-14-7-2-1-3-9-16(14)29-20(18)24-17(26)10-11-25-12-23-15-8-5-4-6-13(15)21(25)28/h4-6,8,12H,1-3,7,9-11H2,(H2,22,27)(H,24,26). The molecule has 29 heavy (non-hydrogen) atoms. The van der Waals surface area contributed by atoms with E-state index in [9.17, 15) is 14.4 Å². The van der Waals surface area contributed by atoms with Gasteiger partial charge in [0.2, 0.25) is 5.91 Å². The van der Waals surface area contributed by atoms with Gasteiger partial charge in [-0.1, -0.05) is 18.6 Å². The van der Waals surface area contributed by atoms with Crippen LogP contribution in [0.3, 0.4) is 0 Å². The van der Waals surface area contributed by atoms with Crippen molar-refractivity contribution in [2.75, 3.05) is 5.32 Å². The topological polar surface area (TPSA) is 107 Å². The molecule has 2 aromatic heterocycles. The first-order chi connectivity index (χ1) is 14.0. The van der Waals surface area contributed by atoms with Gasteiger partial charge in [0, 0.05) is 17.8 Å². The van der Waals surface area contributed by atoms with E-state index in [0.29, 0.717) is 21.5 Å². The molecule has 3 N–H and O–H groups in total. The number of aromatic nitrogens is 2. The molecule has 0 atom stereocenters. The van der Waals surface area contributed by atoms with Crippen LogP contribution in [0.1, 0.15) is 46.5 Å². The van der Waals surface area contributed by atoms with Gasteiger partial charge >= 0.3 is 0 Å². The highest BCUT2D eigenvalue weighted by molar-refractivity contribution is 7.17. The Hall–Kier alpha value is -3.00. The average molecular weight is 410 g/mol. The van der Waals surface area contributed by atoms with E-state index >= 15 is 0 Å². The van der Waals surface area contributed by atoms with Gasteiger partial charge < -0.3 is 11.1 Å². The van der Waals surface area contributed by atoms with Gasteiger partial charge in [-0.2, -0.15) is 0 Å². The van der Waals surface area contributed by atoms with E-state index in [2.05, 4.69) is 10.3 Å². The fraction of sp³-hybridized carbons (Fsp3) is 0.333. The molecule has 2 heterocycles. The number of amides is 2. The second-order valence-electron chi connectivity index (χ2n) is 7.19. The molecule has 0 saturated carbocycles. The molecule has 0 aliphatic heterocycles. The van der Waals surface area contributed by atoms with Gasteiger partial charge in [-0.05, 0) is 43.4 Å². The van der Waals surface area contributed by atoms with Crippen LogP contribution in [0.25, 0.3) is 10.9 Å². The lowest BCUT2D eigenvalue weighted by Crippen LogP contribution is -2.24. The number of rotatable bonds is 5. The highest BCUT2D eigenvalue weighted by atomic mass is 32.1. The van der Waals surface area contributed by atoms with Crippen LogP contribution in [0.2, 0.25) is 0 Å². The summed E-state index contributed by atoms with van der Waals surface area (Å²) >= 11 is 1.44. The first-order valence-corrected chi connectivity index (χ1v) is 10.5.